The monoisotopic (exact) mass is 345 g/mol. The molecule has 136 valence electrons. The van der Waals surface area contributed by atoms with Crippen molar-refractivity contribution in [1.82, 2.24) is 4.90 Å². The third kappa shape index (κ3) is 6.46. The Morgan fingerprint density at radius 3 is 2.00 bits per heavy atom. The van der Waals surface area contributed by atoms with Crippen molar-refractivity contribution in [1.29, 1.82) is 0 Å². The summed E-state index contributed by atoms with van der Waals surface area (Å²) in [7, 11) is 0. The normalized spacial score (nSPS) is 16.9. The van der Waals surface area contributed by atoms with E-state index < -0.39 is 30.5 Å². The molecule has 0 aliphatic heterocycles. The Balaban J connectivity index is 3.15. The number of aliphatic hydroxyl groups is 4. The molecule has 0 saturated heterocycles. The molecule has 4 N–H and O–H groups in total. The SMILES string of the molecule is C=CCN(CC=C)[C@@H](C#Cc1ccccc1)[C@@H](O)[C@H](O)[C@H](O)[C@H](C)O. The van der Waals surface area contributed by atoms with Gasteiger partial charge in [-0.25, -0.2) is 0 Å². The Bertz CT molecular complexity index is 581. The Kier molecular flexibility index (Phi) is 9.14. The van der Waals surface area contributed by atoms with E-state index in [2.05, 4.69) is 25.0 Å². The highest BCUT2D eigenvalue weighted by Gasteiger charge is 2.35. The molecule has 0 aromatic heterocycles. The first-order chi connectivity index (χ1) is 11.9. The lowest BCUT2D eigenvalue weighted by molar-refractivity contribution is -0.112. The zero-order valence-electron chi connectivity index (χ0n) is 14.5. The van der Waals surface area contributed by atoms with Gasteiger partial charge in [-0.3, -0.25) is 4.90 Å². The van der Waals surface area contributed by atoms with Gasteiger partial charge in [-0.2, -0.15) is 0 Å². The molecule has 0 aliphatic rings. The van der Waals surface area contributed by atoms with Gasteiger partial charge in [0.25, 0.3) is 0 Å². The third-order valence-corrected chi connectivity index (χ3v) is 3.78. The molecule has 5 heteroatoms. The van der Waals surface area contributed by atoms with Crippen LogP contribution in [0.3, 0.4) is 0 Å². The van der Waals surface area contributed by atoms with Crippen LogP contribution < -0.4 is 0 Å². The van der Waals surface area contributed by atoms with Crippen molar-refractivity contribution >= 4 is 0 Å². The van der Waals surface area contributed by atoms with Crippen LogP contribution in [0.15, 0.2) is 55.6 Å². The van der Waals surface area contributed by atoms with Crippen molar-refractivity contribution in [3.8, 4) is 11.8 Å². The standard InChI is InChI=1S/C20H27NO4/c1-4-13-21(14-5-2)17(12-11-16-9-7-6-8-10-16)19(24)20(25)18(23)15(3)22/h4-10,15,17-20,22-25H,1-2,13-14H2,3H3/t15-,17-,18+,19+,20+/m0/s1. The van der Waals surface area contributed by atoms with Gasteiger partial charge < -0.3 is 20.4 Å². The van der Waals surface area contributed by atoms with E-state index in [9.17, 15) is 20.4 Å². The van der Waals surface area contributed by atoms with Crippen molar-refractivity contribution in [2.75, 3.05) is 13.1 Å². The minimum atomic E-state index is -1.55. The first-order valence-corrected chi connectivity index (χ1v) is 8.17. The van der Waals surface area contributed by atoms with Gasteiger partial charge in [0.15, 0.2) is 0 Å². The predicted octanol–water partition coefficient (Wildman–Crippen LogP) is 0.544. The molecule has 0 radical (unpaired) electrons. The van der Waals surface area contributed by atoms with Gasteiger partial charge in [-0.05, 0) is 19.1 Å². The summed E-state index contributed by atoms with van der Waals surface area (Å²) >= 11 is 0. The molecule has 1 aromatic rings. The van der Waals surface area contributed by atoms with Gasteiger partial charge in [-0.1, -0.05) is 42.2 Å². The second kappa shape index (κ2) is 10.8. The fraction of sp³-hybridized carbons (Fsp3) is 0.400. The molecule has 1 aromatic carbocycles. The van der Waals surface area contributed by atoms with Gasteiger partial charge in [0, 0.05) is 18.7 Å². The highest BCUT2D eigenvalue weighted by molar-refractivity contribution is 5.35. The molecule has 0 aliphatic carbocycles. The summed E-state index contributed by atoms with van der Waals surface area (Å²) < 4.78 is 0. The van der Waals surface area contributed by atoms with Crippen molar-refractivity contribution in [2.24, 2.45) is 0 Å². The number of benzene rings is 1. The molecule has 25 heavy (non-hydrogen) atoms. The van der Waals surface area contributed by atoms with Gasteiger partial charge in [-0.15, -0.1) is 13.2 Å². The number of nitrogens with zero attached hydrogens (tertiary/aromatic N) is 1. The summed E-state index contributed by atoms with van der Waals surface area (Å²) in [5.74, 6) is 5.93. The lowest BCUT2D eigenvalue weighted by atomic mass is 9.97. The molecule has 0 heterocycles. The number of aliphatic hydroxyl groups excluding tert-OH is 4. The van der Waals surface area contributed by atoms with E-state index in [0.717, 1.165) is 5.56 Å². The summed E-state index contributed by atoms with van der Waals surface area (Å²) in [5.41, 5.74) is 0.766. The second-order valence-electron chi connectivity index (χ2n) is 5.82. The zero-order valence-corrected chi connectivity index (χ0v) is 14.5. The van der Waals surface area contributed by atoms with Gasteiger partial charge in [0.05, 0.1) is 6.10 Å². The molecular formula is C20H27NO4. The van der Waals surface area contributed by atoms with E-state index in [1.165, 1.54) is 6.92 Å². The Labute approximate surface area is 149 Å². The highest BCUT2D eigenvalue weighted by atomic mass is 16.4. The minimum Gasteiger partial charge on any atom is -0.391 e. The highest BCUT2D eigenvalue weighted by Crippen LogP contribution is 2.14. The third-order valence-electron chi connectivity index (χ3n) is 3.78. The second-order valence-corrected chi connectivity index (χ2v) is 5.82. The maximum atomic E-state index is 10.6. The Morgan fingerprint density at radius 2 is 1.52 bits per heavy atom. The van der Waals surface area contributed by atoms with E-state index >= 15 is 0 Å². The smallest absolute Gasteiger partial charge is 0.111 e. The van der Waals surface area contributed by atoms with Crippen LogP contribution in [-0.4, -0.2) is 68.9 Å². The fourth-order valence-corrected chi connectivity index (χ4v) is 2.38. The molecule has 0 amide bonds. The quantitative estimate of drug-likeness (QED) is 0.388. The molecule has 0 fully saturated rings. The fourth-order valence-electron chi connectivity index (χ4n) is 2.38. The lowest BCUT2D eigenvalue weighted by Gasteiger charge is -2.34. The van der Waals surface area contributed by atoms with E-state index in [-0.39, 0.29) is 0 Å². The minimum absolute atomic E-state index is 0.411. The van der Waals surface area contributed by atoms with E-state index in [1.54, 1.807) is 17.1 Å². The average molecular weight is 345 g/mol. The van der Waals surface area contributed by atoms with Crippen LogP contribution in [-0.2, 0) is 0 Å². The molecule has 0 bridgehead atoms. The number of hydrogen-bond donors (Lipinski definition) is 4. The van der Waals surface area contributed by atoms with E-state index in [4.69, 9.17) is 0 Å². The van der Waals surface area contributed by atoms with Crippen LogP contribution in [0.25, 0.3) is 0 Å². The maximum Gasteiger partial charge on any atom is 0.111 e. The Hall–Kier alpha value is -1.94. The van der Waals surface area contributed by atoms with Crippen LogP contribution in [0.5, 0.6) is 0 Å². The Morgan fingerprint density at radius 1 is 0.960 bits per heavy atom. The molecule has 0 saturated carbocycles. The zero-order chi connectivity index (χ0) is 18.8. The topological polar surface area (TPSA) is 84.2 Å². The summed E-state index contributed by atoms with van der Waals surface area (Å²) in [4.78, 5) is 1.78. The molecule has 1 rings (SSSR count). The van der Waals surface area contributed by atoms with Crippen LogP contribution in [0.2, 0.25) is 0 Å². The van der Waals surface area contributed by atoms with Crippen LogP contribution >= 0.6 is 0 Å². The van der Waals surface area contributed by atoms with Crippen molar-refractivity contribution in [3.05, 3.63) is 61.2 Å². The van der Waals surface area contributed by atoms with Gasteiger partial charge >= 0.3 is 0 Å². The summed E-state index contributed by atoms with van der Waals surface area (Å²) in [6, 6.07) is 8.48. The lowest BCUT2D eigenvalue weighted by Crippen LogP contribution is -2.53. The first kappa shape index (κ1) is 21.1. The summed E-state index contributed by atoms with van der Waals surface area (Å²) in [5, 5.41) is 40.1. The molecule has 0 unspecified atom stereocenters. The van der Waals surface area contributed by atoms with Crippen molar-refractivity contribution in [2.45, 2.75) is 37.4 Å². The molecule has 0 spiro atoms. The molecular weight excluding hydrogens is 318 g/mol. The van der Waals surface area contributed by atoms with Crippen LogP contribution in [0, 0.1) is 11.8 Å². The van der Waals surface area contributed by atoms with Crippen LogP contribution in [0.4, 0.5) is 0 Å². The number of hydrogen-bond acceptors (Lipinski definition) is 5. The van der Waals surface area contributed by atoms with Crippen molar-refractivity contribution in [3.63, 3.8) is 0 Å². The van der Waals surface area contributed by atoms with E-state index in [0.29, 0.717) is 13.1 Å². The van der Waals surface area contributed by atoms with Crippen molar-refractivity contribution < 1.29 is 20.4 Å². The number of rotatable bonds is 9. The predicted molar refractivity (Wildman–Crippen MR) is 98.8 cm³/mol. The van der Waals surface area contributed by atoms with Gasteiger partial charge in [0.2, 0.25) is 0 Å². The first-order valence-electron chi connectivity index (χ1n) is 8.17. The summed E-state index contributed by atoms with van der Waals surface area (Å²) in [6.45, 7) is 9.55. The molecule has 5 nitrogen and oxygen atoms in total. The summed E-state index contributed by atoms with van der Waals surface area (Å²) in [6.07, 6.45) is -2.28. The average Bonchev–Trinajstić information content (AvgIpc) is 2.61. The molecule has 5 atom stereocenters. The van der Waals surface area contributed by atoms with E-state index in [1.807, 2.05) is 30.3 Å². The largest absolute Gasteiger partial charge is 0.391 e. The van der Waals surface area contributed by atoms with Crippen LogP contribution in [0.1, 0.15) is 12.5 Å². The maximum absolute atomic E-state index is 10.6. The van der Waals surface area contributed by atoms with Gasteiger partial charge in [0.1, 0.15) is 24.4 Å².